The van der Waals surface area contributed by atoms with Crippen LogP contribution in [0.2, 0.25) is 0 Å². The highest BCUT2D eigenvalue weighted by Crippen LogP contribution is 2.22. The molecule has 0 radical (unpaired) electrons. The molecule has 14 heavy (non-hydrogen) atoms. The second kappa shape index (κ2) is 4.26. The van der Waals surface area contributed by atoms with Gasteiger partial charge in [0.05, 0.1) is 12.2 Å². The average molecular weight is 217 g/mol. The lowest BCUT2D eigenvalue weighted by Crippen LogP contribution is -2.53. The van der Waals surface area contributed by atoms with Crippen LogP contribution < -0.4 is 5.73 Å². The van der Waals surface area contributed by atoms with Gasteiger partial charge in [0, 0.05) is 6.54 Å². The van der Waals surface area contributed by atoms with E-state index in [1.165, 1.54) is 4.31 Å². The Balaban J connectivity index is 2.82. The van der Waals surface area contributed by atoms with E-state index in [0.717, 1.165) is 12.8 Å². The van der Waals surface area contributed by atoms with E-state index in [1.807, 2.05) is 6.92 Å². The van der Waals surface area contributed by atoms with Crippen LogP contribution in [-0.4, -0.2) is 31.2 Å². The van der Waals surface area contributed by atoms with Crippen molar-refractivity contribution < 1.29 is 8.42 Å². The van der Waals surface area contributed by atoms with E-state index in [0.29, 0.717) is 6.54 Å². The molecule has 0 saturated carbocycles. The number of rotatable bonds is 2. The van der Waals surface area contributed by atoms with Gasteiger partial charge in [-0.05, 0) is 18.8 Å². The molecule has 0 aromatic rings. The molecule has 1 rings (SSSR count). The fourth-order valence-corrected chi connectivity index (χ4v) is 2.98. The van der Waals surface area contributed by atoms with Crippen LogP contribution in [-0.2, 0) is 10.0 Å². The van der Waals surface area contributed by atoms with Crippen molar-refractivity contribution in [3.8, 4) is 6.07 Å². The van der Waals surface area contributed by atoms with Crippen molar-refractivity contribution in [3.05, 3.63) is 0 Å². The summed E-state index contributed by atoms with van der Waals surface area (Å²) in [6, 6.07) is 1.66. The van der Waals surface area contributed by atoms with Gasteiger partial charge in [-0.25, -0.2) is 8.42 Å². The molecular weight excluding hydrogens is 202 g/mol. The third-order valence-electron chi connectivity index (χ3n) is 2.56. The maximum atomic E-state index is 11.6. The minimum atomic E-state index is -3.47. The van der Waals surface area contributed by atoms with Gasteiger partial charge in [0.15, 0.2) is 5.75 Å². The number of piperidine rings is 1. The molecule has 0 aliphatic carbocycles. The van der Waals surface area contributed by atoms with Gasteiger partial charge < -0.3 is 5.73 Å². The third-order valence-corrected chi connectivity index (χ3v) is 4.19. The Morgan fingerprint density at radius 1 is 1.64 bits per heavy atom. The third kappa shape index (κ3) is 2.23. The monoisotopic (exact) mass is 217 g/mol. The van der Waals surface area contributed by atoms with Gasteiger partial charge in [0.25, 0.3) is 0 Å². The highest BCUT2D eigenvalue weighted by Gasteiger charge is 2.33. The smallest absolute Gasteiger partial charge is 0.228 e. The highest BCUT2D eigenvalue weighted by molar-refractivity contribution is 7.89. The van der Waals surface area contributed by atoms with Crippen LogP contribution in [0.5, 0.6) is 0 Å². The lowest BCUT2D eigenvalue weighted by molar-refractivity contribution is 0.193. The van der Waals surface area contributed by atoms with Crippen LogP contribution in [0, 0.1) is 17.2 Å². The molecule has 0 amide bonds. The predicted molar refractivity (Wildman–Crippen MR) is 52.5 cm³/mol. The molecule has 1 aliphatic heterocycles. The van der Waals surface area contributed by atoms with E-state index in [-0.39, 0.29) is 5.92 Å². The Labute approximate surface area is 84.5 Å². The average Bonchev–Trinajstić information content (AvgIpc) is 2.09. The molecule has 2 unspecified atom stereocenters. The lowest BCUT2D eigenvalue weighted by Gasteiger charge is -2.35. The zero-order chi connectivity index (χ0) is 10.8. The van der Waals surface area contributed by atoms with E-state index in [1.54, 1.807) is 6.07 Å². The van der Waals surface area contributed by atoms with Crippen LogP contribution in [0.4, 0.5) is 0 Å². The summed E-state index contributed by atoms with van der Waals surface area (Å²) in [5.74, 6) is -0.315. The van der Waals surface area contributed by atoms with Gasteiger partial charge in [-0.1, -0.05) is 6.92 Å². The van der Waals surface area contributed by atoms with E-state index < -0.39 is 21.9 Å². The van der Waals surface area contributed by atoms with Crippen molar-refractivity contribution >= 4 is 10.0 Å². The first-order valence-electron chi connectivity index (χ1n) is 4.61. The summed E-state index contributed by atoms with van der Waals surface area (Å²) in [5, 5.41) is 8.39. The highest BCUT2D eigenvalue weighted by atomic mass is 32.2. The zero-order valence-corrected chi connectivity index (χ0v) is 9.00. The van der Waals surface area contributed by atoms with Crippen molar-refractivity contribution in [3.63, 3.8) is 0 Å². The molecule has 1 saturated heterocycles. The molecule has 0 aromatic carbocycles. The number of hydrogen-bond acceptors (Lipinski definition) is 4. The molecule has 0 bridgehead atoms. The normalized spacial score (nSPS) is 29.8. The molecular formula is C8H15N3O2S. The van der Waals surface area contributed by atoms with Gasteiger partial charge in [0.1, 0.15) is 0 Å². The van der Waals surface area contributed by atoms with Crippen molar-refractivity contribution in [1.29, 1.82) is 5.26 Å². The number of nitriles is 1. The van der Waals surface area contributed by atoms with Crippen LogP contribution in [0.15, 0.2) is 0 Å². The van der Waals surface area contributed by atoms with Crippen molar-refractivity contribution in [2.24, 2.45) is 11.7 Å². The van der Waals surface area contributed by atoms with E-state index in [4.69, 9.17) is 11.0 Å². The summed E-state index contributed by atoms with van der Waals surface area (Å²) < 4.78 is 24.4. The van der Waals surface area contributed by atoms with Gasteiger partial charge >= 0.3 is 0 Å². The first kappa shape index (κ1) is 11.4. The maximum Gasteiger partial charge on any atom is 0.228 e. The van der Waals surface area contributed by atoms with Crippen LogP contribution in [0.3, 0.4) is 0 Å². The Morgan fingerprint density at radius 2 is 2.29 bits per heavy atom. The second-order valence-electron chi connectivity index (χ2n) is 3.64. The van der Waals surface area contributed by atoms with Crippen LogP contribution in [0.1, 0.15) is 19.8 Å². The first-order chi connectivity index (χ1) is 6.49. The summed E-state index contributed by atoms with van der Waals surface area (Å²) in [4.78, 5) is 0. The Bertz CT molecular complexity index is 333. The Hall–Kier alpha value is -0.640. The summed E-state index contributed by atoms with van der Waals surface area (Å²) >= 11 is 0. The SMILES string of the molecule is CC1CCCN(S(=O)(=O)CC#N)C1N. The van der Waals surface area contributed by atoms with E-state index >= 15 is 0 Å². The van der Waals surface area contributed by atoms with Gasteiger partial charge in [-0.15, -0.1) is 0 Å². The molecule has 0 spiro atoms. The van der Waals surface area contributed by atoms with Crippen molar-refractivity contribution in [1.82, 2.24) is 4.31 Å². The van der Waals surface area contributed by atoms with Gasteiger partial charge in [0.2, 0.25) is 10.0 Å². The zero-order valence-electron chi connectivity index (χ0n) is 8.18. The molecule has 0 aromatic heterocycles. The molecule has 1 heterocycles. The molecule has 80 valence electrons. The van der Waals surface area contributed by atoms with Gasteiger partial charge in [-0.2, -0.15) is 9.57 Å². The van der Waals surface area contributed by atoms with Gasteiger partial charge in [-0.3, -0.25) is 0 Å². The molecule has 1 aliphatic rings. The van der Waals surface area contributed by atoms with Crippen molar-refractivity contribution in [2.45, 2.75) is 25.9 Å². The summed E-state index contributed by atoms with van der Waals surface area (Å²) in [5.41, 5.74) is 5.78. The maximum absolute atomic E-state index is 11.6. The minimum Gasteiger partial charge on any atom is -0.315 e. The quantitative estimate of drug-likeness (QED) is 0.697. The predicted octanol–water partition coefficient (Wildman–Crippen LogP) is -0.144. The second-order valence-corrected chi connectivity index (χ2v) is 5.56. The topological polar surface area (TPSA) is 87.2 Å². The number of hydrogen-bond donors (Lipinski definition) is 1. The van der Waals surface area contributed by atoms with E-state index in [2.05, 4.69) is 0 Å². The fourth-order valence-electron chi connectivity index (χ4n) is 1.66. The number of nitrogens with zero attached hydrogens (tertiary/aromatic N) is 2. The van der Waals surface area contributed by atoms with Crippen LogP contribution >= 0.6 is 0 Å². The Morgan fingerprint density at radius 3 is 2.86 bits per heavy atom. The number of nitrogens with two attached hydrogens (primary N) is 1. The fraction of sp³-hybridized carbons (Fsp3) is 0.875. The van der Waals surface area contributed by atoms with E-state index in [9.17, 15) is 8.42 Å². The minimum absolute atomic E-state index is 0.164. The summed E-state index contributed by atoms with van der Waals surface area (Å²) in [7, 11) is -3.47. The summed E-state index contributed by atoms with van der Waals surface area (Å²) in [6.07, 6.45) is 1.29. The van der Waals surface area contributed by atoms with Crippen LogP contribution in [0.25, 0.3) is 0 Å². The molecule has 2 atom stereocenters. The Kier molecular flexibility index (Phi) is 3.48. The molecule has 1 fully saturated rings. The molecule has 2 N–H and O–H groups in total. The molecule has 5 nitrogen and oxygen atoms in total. The van der Waals surface area contributed by atoms with Crippen molar-refractivity contribution in [2.75, 3.05) is 12.3 Å². The number of sulfonamides is 1. The lowest BCUT2D eigenvalue weighted by atomic mass is 9.99. The standard InChI is InChI=1S/C8H15N3O2S/c1-7-3-2-5-11(8(7)10)14(12,13)6-4-9/h7-8H,2-3,5-6,10H2,1H3. The molecule has 6 heteroatoms. The summed E-state index contributed by atoms with van der Waals surface area (Å²) in [6.45, 7) is 2.37. The largest absolute Gasteiger partial charge is 0.315 e. The first-order valence-corrected chi connectivity index (χ1v) is 6.22.